The molecular weight excluding hydrogens is 354 g/mol. The highest BCUT2D eigenvalue weighted by molar-refractivity contribution is 5.97. The molecule has 3 aromatic rings. The van der Waals surface area contributed by atoms with Crippen LogP contribution >= 0.6 is 0 Å². The van der Waals surface area contributed by atoms with Gasteiger partial charge in [-0.25, -0.2) is 4.98 Å². The van der Waals surface area contributed by atoms with Crippen molar-refractivity contribution in [1.29, 1.82) is 0 Å². The van der Waals surface area contributed by atoms with Crippen LogP contribution in [0.4, 0.5) is 0 Å². The second-order valence-corrected chi connectivity index (χ2v) is 7.02. The van der Waals surface area contributed by atoms with Gasteiger partial charge < -0.3 is 10.1 Å². The van der Waals surface area contributed by atoms with E-state index in [0.717, 1.165) is 36.5 Å². The summed E-state index contributed by atoms with van der Waals surface area (Å²) in [6, 6.07) is 12.6. The van der Waals surface area contributed by atoms with Gasteiger partial charge >= 0.3 is 0 Å². The number of benzene rings is 2. The van der Waals surface area contributed by atoms with Gasteiger partial charge in [-0.15, -0.1) is 0 Å². The molecule has 0 fully saturated rings. The lowest BCUT2D eigenvalue weighted by Gasteiger charge is -2.15. The van der Waals surface area contributed by atoms with Crippen molar-refractivity contribution in [3.8, 4) is 5.75 Å². The van der Waals surface area contributed by atoms with Crippen LogP contribution in [0.15, 0.2) is 47.3 Å². The van der Waals surface area contributed by atoms with E-state index in [2.05, 4.69) is 10.3 Å². The molecule has 1 amide bonds. The topological polar surface area (TPSA) is 73.2 Å². The van der Waals surface area contributed by atoms with E-state index >= 15 is 0 Å². The van der Waals surface area contributed by atoms with Crippen molar-refractivity contribution in [3.63, 3.8) is 0 Å². The Labute approximate surface area is 163 Å². The molecular formula is C22H23N3O3. The fourth-order valence-electron chi connectivity index (χ4n) is 3.61. The molecule has 1 aliphatic rings. The zero-order valence-electron chi connectivity index (χ0n) is 16.1. The van der Waals surface area contributed by atoms with Gasteiger partial charge in [-0.2, -0.15) is 0 Å². The summed E-state index contributed by atoms with van der Waals surface area (Å²) in [5.41, 5.74) is 2.05. The number of amides is 1. The molecule has 144 valence electrons. The van der Waals surface area contributed by atoms with Crippen LogP contribution in [-0.2, 0) is 13.0 Å². The van der Waals surface area contributed by atoms with Crippen molar-refractivity contribution < 1.29 is 9.53 Å². The van der Waals surface area contributed by atoms with Crippen LogP contribution in [0.2, 0.25) is 0 Å². The first-order valence-electron chi connectivity index (χ1n) is 9.64. The molecule has 0 saturated carbocycles. The molecule has 0 saturated heterocycles. The number of aryl methyl sites for hydroxylation is 1. The maximum atomic E-state index is 12.7. The zero-order valence-corrected chi connectivity index (χ0v) is 16.1. The Bertz CT molecular complexity index is 1090. The van der Waals surface area contributed by atoms with Crippen LogP contribution < -0.4 is 15.6 Å². The summed E-state index contributed by atoms with van der Waals surface area (Å²) in [5.74, 6) is 1.42. The van der Waals surface area contributed by atoms with Gasteiger partial charge in [0.15, 0.2) is 0 Å². The Hall–Kier alpha value is -3.15. The van der Waals surface area contributed by atoms with Gasteiger partial charge in [0.25, 0.3) is 11.5 Å². The van der Waals surface area contributed by atoms with E-state index in [1.165, 1.54) is 0 Å². The summed E-state index contributed by atoms with van der Waals surface area (Å²) in [7, 11) is 0. The first-order chi connectivity index (χ1) is 13.6. The molecule has 1 aromatic heterocycles. The number of nitrogens with one attached hydrogen (secondary N) is 1. The standard InChI is InChI=1S/C22H23N3O3/c1-3-28-17-9-6-15(7-10-17)14(2)23-21(26)16-8-11-18-19(13-16)24-20-5-4-12-25(20)22(18)27/h6-11,13-14H,3-5,12H2,1-2H3,(H,23,26)/t14-/m1/s1. The van der Waals surface area contributed by atoms with Gasteiger partial charge in [-0.05, 0) is 56.2 Å². The summed E-state index contributed by atoms with van der Waals surface area (Å²) in [6.07, 6.45) is 1.74. The Morgan fingerprint density at radius 3 is 2.79 bits per heavy atom. The highest BCUT2D eigenvalue weighted by Gasteiger charge is 2.18. The highest BCUT2D eigenvalue weighted by atomic mass is 16.5. The molecule has 0 bridgehead atoms. The van der Waals surface area contributed by atoms with Crippen molar-refractivity contribution in [1.82, 2.24) is 14.9 Å². The number of ether oxygens (including phenoxy) is 1. The maximum absolute atomic E-state index is 12.7. The predicted octanol–water partition coefficient (Wildman–Crippen LogP) is 3.23. The maximum Gasteiger partial charge on any atom is 0.261 e. The van der Waals surface area contributed by atoms with Crippen LogP contribution in [0.1, 0.15) is 48.1 Å². The third-order valence-electron chi connectivity index (χ3n) is 5.12. The number of carbonyl (C=O) groups is 1. The van der Waals surface area contributed by atoms with Gasteiger partial charge in [0.1, 0.15) is 11.6 Å². The second-order valence-electron chi connectivity index (χ2n) is 7.02. The SMILES string of the molecule is CCOc1ccc([C@@H](C)NC(=O)c2ccc3c(=O)n4c(nc3c2)CCC4)cc1. The van der Waals surface area contributed by atoms with E-state index < -0.39 is 0 Å². The molecule has 6 nitrogen and oxygen atoms in total. The molecule has 2 heterocycles. The van der Waals surface area contributed by atoms with E-state index in [1.807, 2.05) is 38.1 Å². The molecule has 1 atom stereocenters. The van der Waals surface area contributed by atoms with Gasteiger partial charge in [0.2, 0.25) is 0 Å². The normalized spacial score (nSPS) is 13.9. The number of nitrogens with zero attached hydrogens (tertiary/aromatic N) is 2. The summed E-state index contributed by atoms with van der Waals surface area (Å²) in [4.78, 5) is 29.9. The Kier molecular flexibility index (Phi) is 4.86. The van der Waals surface area contributed by atoms with Crippen molar-refractivity contribution in [2.45, 2.75) is 39.3 Å². The third kappa shape index (κ3) is 3.38. The van der Waals surface area contributed by atoms with E-state index in [0.29, 0.717) is 23.1 Å². The van der Waals surface area contributed by atoms with Gasteiger partial charge in [-0.1, -0.05) is 12.1 Å². The molecule has 6 heteroatoms. The highest BCUT2D eigenvalue weighted by Crippen LogP contribution is 2.19. The number of fused-ring (bicyclic) bond motifs is 2. The Morgan fingerprint density at radius 2 is 2.04 bits per heavy atom. The minimum Gasteiger partial charge on any atom is -0.494 e. The van der Waals surface area contributed by atoms with E-state index in [1.54, 1.807) is 22.8 Å². The van der Waals surface area contributed by atoms with E-state index in [-0.39, 0.29) is 17.5 Å². The summed E-state index contributed by atoms with van der Waals surface area (Å²) >= 11 is 0. The van der Waals surface area contributed by atoms with Gasteiger partial charge in [0, 0.05) is 18.5 Å². The molecule has 1 aliphatic heterocycles. The number of hydrogen-bond acceptors (Lipinski definition) is 4. The minimum absolute atomic E-state index is 0.0211. The fourth-order valence-corrected chi connectivity index (χ4v) is 3.61. The molecule has 0 aliphatic carbocycles. The summed E-state index contributed by atoms with van der Waals surface area (Å²) < 4.78 is 7.18. The van der Waals surface area contributed by atoms with Gasteiger partial charge in [-0.3, -0.25) is 14.2 Å². The number of hydrogen-bond donors (Lipinski definition) is 1. The molecule has 2 aromatic carbocycles. The average Bonchev–Trinajstić information content (AvgIpc) is 3.17. The van der Waals surface area contributed by atoms with Crippen LogP contribution in [0.25, 0.3) is 10.9 Å². The molecule has 4 rings (SSSR count). The largest absolute Gasteiger partial charge is 0.494 e. The van der Waals surface area contributed by atoms with Crippen LogP contribution in [0, 0.1) is 0 Å². The lowest BCUT2D eigenvalue weighted by atomic mass is 10.1. The van der Waals surface area contributed by atoms with Crippen LogP contribution in [0.5, 0.6) is 5.75 Å². The zero-order chi connectivity index (χ0) is 19.7. The van der Waals surface area contributed by atoms with Crippen molar-refractivity contribution in [2.24, 2.45) is 0 Å². The molecule has 0 radical (unpaired) electrons. The molecule has 0 spiro atoms. The third-order valence-corrected chi connectivity index (χ3v) is 5.12. The Morgan fingerprint density at radius 1 is 1.25 bits per heavy atom. The Balaban J connectivity index is 1.55. The first kappa shape index (κ1) is 18.2. The van der Waals surface area contributed by atoms with Gasteiger partial charge in [0.05, 0.1) is 23.6 Å². The monoisotopic (exact) mass is 377 g/mol. The first-order valence-corrected chi connectivity index (χ1v) is 9.64. The quantitative estimate of drug-likeness (QED) is 0.741. The molecule has 0 unspecified atom stereocenters. The van der Waals surface area contributed by atoms with Crippen molar-refractivity contribution in [3.05, 3.63) is 69.8 Å². The molecule has 1 N–H and O–H groups in total. The average molecular weight is 377 g/mol. The number of rotatable bonds is 5. The summed E-state index contributed by atoms with van der Waals surface area (Å²) in [6.45, 7) is 5.22. The second kappa shape index (κ2) is 7.46. The number of carbonyl (C=O) groups excluding carboxylic acids is 1. The smallest absolute Gasteiger partial charge is 0.261 e. The van der Waals surface area contributed by atoms with E-state index in [9.17, 15) is 9.59 Å². The van der Waals surface area contributed by atoms with E-state index in [4.69, 9.17) is 4.74 Å². The lowest BCUT2D eigenvalue weighted by molar-refractivity contribution is 0.0940. The van der Waals surface area contributed by atoms with Crippen molar-refractivity contribution in [2.75, 3.05) is 6.61 Å². The van der Waals surface area contributed by atoms with Crippen molar-refractivity contribution >= 4 is 16.8 Å². The minimum atomic E-state index is -0.189. The summed E-state index contributed by atoms with van der Waals surface area (Å²) in [5, 5.41) is 3.56. The number of aromatic nitrogens is 2. The van der Waals surface area contributed by atoms with Crippen LogP contribution in [-0.4, -0.2) is 22.1 Å². The lowest BCUT2D eigenvalue weighted by Crippen LogP contribution is -2.27. The van der Waals surface area contributed by atoms with Crippen LogP contribution in [0.3, 0.4) is 0 Å². The molecule has 28 heavy (non-hydrogen) atoms. The predicted molar refractivity (Wildman–Crippen MR) is 108 cm³/mol. The fraction of sp³-hybridized carbons (Fsp3) is 0.318.